The van der Waals surface area contributed by atoms with E-state index in [1.807, 2.05) is 6.07 Å². The van der Waals surface area contributed by atoms with Crippen LogP contribution in [-0.4, -0.2) is 43.5 Å². The molecule has 1 aliphatic heterocycles. The van der Waals surface area contributed by atoms with E-state index in [0.29, 0.717) is 36.9 Å². The molecule has 3 aromatic rings. The van der Waals surface area contributed by atoms with Crippen molar-refractivity contribution in [1.29, 1.82) is 0 Å². The highest BCUT2D eigenvalue weighted by molar-refractivity contribution is 7.89. The van der Waals surface area contributed by atoms with Crippen molar-refractivity contribution in [3.8, 4) is 0 Å². The normalized spacial score (nSPS) is 16.6. The molecule has 1 N–H and O–H groups in total. The molecule has 0 radical (unpaired) electrons. The van der Waals surface area contributed by atoms with Crippen LogP contribution in [0.4, 0.5) is 8.78 Å². The molecule has 0 spiro atoms. The Morgan fingerprint density at radius 2 is 1.79 bits per heavy atom. The Morgan fingerprint density at radius 3 is 2.50 bits per heavy atom. The number of para-hydroxylation sites is 2. The number of fused-ring (bicyclic) bond motifs is 1. The lowest BCUT2D eigenvalue weighted by Gasteiger charge is -2.31. The zero-order chi connectivity index (χ0) is 19.9. The van der Waals surface area contributed by atoms with Crippen LogP contribution in [0.1, 0.15) is 0 Å². The fourth-order valence-corrected chi connectivity index (χ4v) is 4.90. The highest BCUT2D eigenvalue weighted by atomic mass is 32.2. The molecule has 1 saturated heterocycles. The van der Waals surface area contributed by atoms with Crippen molar-refractivity contribution < 1.29 is 26.5 Å². The van der Waals surface area contributed by atoms with Gasteiger partial charge in [-0.25, -0.2) is 26.6 Å². The number of halogens is 2. The summed E-state index contributed by atoms with van der Waals surface area (Å²) in [5.74, 6) is -2.40. The van der Waals surface area contributed by atoms with E-state index < -0.39 is 32.3 Å². The van der Waals surface area contributed by atoms with E-state index in [2.05, 4.69) is 0 Å². The molecule has 1 aromatic heterocycles. The maximum absolute atomic E-state index is 13.9. The van der Waals surface area contributed by atoms with E-state index in [1.165, 1.54) is 8.87 Å². The van der Waals surface area contributed by atoms with Gasteiger partial charge in [0.15, 0.2) is 12.3 Å². The molecule has 1 aliphatic rings. The molecule has 28 heavy (non-hydrogen) atoms. The van der Waals surface area contributed by atoms with Crippen LogP contribution in [0.2, 0.25) is 0 Å². The first-order valence-corrected chi connectivity index (χ1v) is 10.2. The molecular weight excluding hydrogens is 392 g/mol. The number of rotatable bonds is 4. The molecule has 2 aromatic carbocycles. The Hall–Kier alpha value is -2.56. The molecule has 1 fully saturated rings. The quantitative estimate of drug-likeness (QED) is 0.677. The maximum atomic E-state index is 13.9. The van der Waals surface area contributed by atoms with E-state index in [1.54, 1.807) is 18.2 Å². The van der Waals surface area contributed by atoms with Gasteiger partial charge in [-0.2, -0.15) is 4.31 Å². The van der Waals surface area contributed by atoms with E-state index in [4.69, 9.17) is 4.42 Å². The van der Waals surface area contributed by atoms with Gasteiger partial charge in [-0.3, -0.25) is 0 Å². The third-order valence-corrected chi connectivity index (χ3v) is 6.83. The molecule has 0 atom stereocenters. The second kappa shape index (κ2) is 7.12. The van der Waals surface area contributed by atoms with Crippen molar-refractivity contribution in [3.05, 3.63) is 64.6 Å². The van der Waals surface area contributed by atoms with Crippen LogP contribution in [0, 0.1) is 11.6 Å². The molecule has 0 unspecified atom stereocenters. The zero-order valence-corrected chi connectivity index (χ0v) is 15.6. The second-order valence-corrected chi connectivity index (χ2v) is 8.56. The Balaban J connectivity index is 1.48. The Labute approximate surface area is 159 Å². The van der Waals surface area contributed by atoms with Crippen molar-refractivity contribution in [2.24, 2.45) is 0 Å². The fraction of sp³-hybridized carbons (Fsp3) is 0.278. The number of sulfonamides is 1. The minimum atomic E-state index is -4.05. The monoisotopic (exact) mass is 410 g/mol. The third kappa shape index (κ3) is 3.34. The predicted octanol–water partition coefficient (Wildman–Crippen LogP) is 0.420. The van der Waals surface area contributed by atoms with Gasteiger partial charge in [0.1, 0.15) is 16.5 Å². The molecule has 10 heteroatoms. The Kier molecular flexibility index (Phi) is 4.77. The lowest BCUT2D eigenvalue weighted by atomic mass is 10.3. The summed E-state index contributed by atoms with van der Waals surface area (Å²) in [7, 11) is -4.05. The number of piperazine rings is 1. The minimum Gasteiger partial charge on any atom is -0.408 e. The summed E-state index contributed by atoms with van der Waals surface area (Å²) in [4.78, 5) is 12.6. The van der Waals surface area contributed by atoms with Crippen molar-refractivity contribution in [2.75, 3.05) is 26.2 Å². The van der Waals surface area contributed by atoms with Crippen LogP contribution in [-0.2, 0) is 16.7 Å². The van der Waals surface area contributed by atoms with Crippen LogP contribution < -0.4 is 10.7 Å². The summed E-state index contributed by atoms with van der Waals surface area (Å²) in [6, 6.07) is 9.52. The summed E-state index contributed by atoms with van der Waals surface area (Å²) in [5.41, 5.74) is 1.18. The summed E-state index contributed by atoms with van der Waals surface area (Å²) in [5, 5.41) is 0. The van der Waals surface area contributed by atoms with Gasteiger partial charge in [0.2, 0.25) is 10.0 Å². The molecule has 0 bridgehead atoms. The van der Waals surface area contributed by atoms with Gasteiger partial charge < -0.3 is 9.32 Å². The average Bonchev–Trinajstić information content (AvgIpc) is 2.97. The van der Waals surface area contributed by atoms with Gasteiger partial charge in [-0.05, 0) is 24.3 Å². The highest BCUT2D eigenvalue weighted by Gasteiger charge is 2.32. The number of hydrogen-bond acceptors (Lipinski definition) is 4. The molecule has 2 heterocycles. The summed E-state index contributed by atoms with van der Waals surface area (Å²) < 4.78 is 60.2. The molecule has 0 saturated carbocycles. The number of oxazole rings is 1. The first kappa shape index (κ1) is 18.8. The van der Waals surface area contributed by atoms with Gasteiger partial charge in [-0.1, -0.05) is 12.1 Å². The van der Waals surface area contributed by atoms with Crippen molar-refractivity contribution in [3.63, 3.8) is 0 Å². The molecule has 148 valence electrons. The zero-order valence-electron chi connectivity index (χ0n) is 14.8. The largest absolute Gasteiger partial charge is 0.424 e. The molecule has 0 aliphatic carbocycles. The van der Waals surface area contributed by atoms with E-state index in [9.17, 15) is 22.0 Å². The van der Waals surface area contributed by atoms with Crippen LogP contribution in [0.25, 0.3) is 11.1 Å². The van der Waals surface area contributed by atoms with E-state index >= 15 is 0 Å². The predicted molar refractivity (Wildman–Crippen MR) is 96.3 cm³/mol. The van der Waals surface area contributed by atoms with Gasteiger partial charge in [0, 0.05) is 6.07 Å². The van der Waals surface area contributed by atoms with Gasteiger partial charge in [-0.15, -0.1) is 0 Å². The van der Waals surface area contributed by atoms with Gasteiger partial charge >= 0.3 is 5.76 Å². The number of nitrogens with one attached hydrogen (secondary N) is 1. The topological polar surface area (TPSA) is 77.0 Å². The van der Waals surface area contributed by atoms with Crippen molar-refractivity contribution >= 4 is 21.1 Å². The van der Waals surface area contributed by atoms with E-state index in [0.717, 1.165) is 17.0 Å². The molecule has 4 rings (SSSR count). The lowest BCUT2D eigenvalue weighted by molar-refractivity contribution is -0.926. The summed E-state index contributed by atoms with van der Waals surface area (Å²) >= 11 is 0. The SMILES string of the molecule is O=c1oc2ccccc2n1C[NH+]1CCN(S(=O)(=O)c2ccc(F)cc2F)CC1. The Morgan fingerprint density at radius 1 is 1.07 bits per heavy atom. The number of benzene rings is 2. The van der Waals surface area contributed by atoms with Crippen molar-refractivity contribution in [2.45, 2.75) is 11.6 Å². The van der Waals surface area contributed by atoms with Gasteiger partial charge in [0.05, 0.1) is 31.7 Å². The molecular formula is C18H18F2N3O4S+. The van der Waals surface area contributed by atoms with Crippen LogP contribution >= 0.6 is 0 Å². The first-order valence-electron chi connectivity index (χ1n) is 8.73. The molecule has 0 amide bonds. The number of quaternary nitrogens is 1. The van der Waals surface area contributed by atoms with Gasteiger partial charge in [0.25, 0.3) is 0 Å². The minimum absolute atomic E-state index is 0.166. The van der Waals surface area contributed by atoms with E-state index in [-0.39, 0.29) is 13.1 Å². The Bertz CT molecular complexity index is 1180. The fourth-order valence-electron chi connectivity index (χ4n) is 3.41. The average molecular weight is 410 g/mol. The number of aromatic nitrogens is 1. The smallest absolute Gasteiger partial charge is 0.408 e. The van der Waals surface area contributed by atoms with Crippen LogP contribution in [0.15, 0.2) is 56.6 Å². The third-order valence-electron chi connectivity index (χ3n) is 4.90. The highest BCUT2D eigenvalue weighted by Crippen LogP contribution is 2.20. The standard InChI is InChI=1S/C18H17F2N3O4S/c19-13-5-6-17(14(20)11-13)28(25,26)22-9-7-21(8-10-22)12-23-15-3-1-2-4-16(15)27-18(23)24/h1-6,11H,7-10,12H2/p+1. The first-order chi connectivity index (χ1) is 13.4. The molecule has 7 nitrogen and oxygen atoms in total. The summed E-state index contributed by atoms with van der Waals surface area (Å²) in [6.07, 6.45) is 0. The number of hydrogen-bond donors (Lipinski definition) is 1. The number of nitrogens with zero attached hydrogens (tertiary/aromatic N) is 2. The van der Waals surface area contributed by atoms with Crippen molar-refractivity contribution in [1.82, 2.24) is 8.87 Å². The second-order valence-electron chi connectivity index (χ2n) is 6.65. The summed E-state index contributed by atoms with van der Waals surface area (Å²) in [6.45, 7) is 1.55. The van der Waals surface area contributed by atoms with Crippen LogP contribution in [0.5, 0.6) is 0 Å². The maximum Gasteiger partial charge on any atom is 0.424 e. The lowest BCUT2D eigenvalue weighted by Crippen LogP contribution is -3.14. The van der Waals surface area contributed by atoms with Crippen LogP contribution in [0.3, 0.4) is 0 Å².